The molecule has 4 heteroatoms. The highest BCUT2D eigenvalue weighted by atomic mass is 35.5. The maximum absolute atomic E-state index is 12.3. The maximum Gasteiger partial charge on any atom is 0.222 e. The van der Waals surface area contributed by atoms with E-state index in [1.54, 1.807) is 0 Å². The maximum atomic E-state index is 12.3. The number of hydrogen-bond acceptors (Lipinski definition) is 2. The molecule has 0 bridgehead atoms. The fourth-order valence-corrected chi connectivity index (χ4v) is 3.94. The van der Waals surface area contributed by atoms with Gasteiger partial charge in [-0.2, -0.15) is 0 Å². The van der Waals surface area contributed by atoms with Crippen LogP contribution in [0.2, 0.25) is 5.02 Å². The van der Waals surface area contributed by atoms with Gasteiger partial charge in [0.2, 0.25) is 5.91 Å². The van der Waals surface area contributed by atoms with Crippen LogP contribution in [0.4, 0.5) is 5.69 Å². The van der Waals surface area contributed by atoms with E-state index in [1.807, 2.05) is 23.1 Å². The lowest BCUT2D eigenvalue weighted by Gasteiger charge is -2.36. The number of halogens is 1. The molecule has 2 fully saturated rings. The minimum atomic E-state index is 0.339. The standard InChI is InChI=1S/C18H25ClN2O/c19-16-7-3-4-8-17(16)20-11-13-21(14-12-20)18(22)10-9-15-5-1-2-6-15/h3-4,7-8,15H,1-2,5-6,9-14H2. The Morgan fingerprint density at radius 2 is 1.77 bits per heavy atom. The minimum absolute atomic E-state index is 0.339. The Kier molecular flexibility index (Phi) is 5.24. The summed E-state index contributed by atoms with van der Waals surface area (Å²) >= 11 is 6.26. The summed E-state index contributed by atoms with van der Waals surface area (Å²) in [6.45, 7) is 3.38. The third-order valence-corrected chi connectivity index (χ3v) is 5.39. The van der Waals surface area contributed by atoms with Crippen molar-refractivity contribution in [2.45, 2.75) is 38.5 Å². The van der Waals surface area contributed by atoms with Crippen LogP contribution in [0, 0.1) is 5.92 Å². The van der Waals surface area contributed by atoms with E-state index in [1.165, 1.54) is 25.7 Å². The summed E-state index contributed by atoms with van der Waals surface area (Å²) in [6.07, 6.45) is 7.19. The Morgan fingerprint density at radius 1 is 1.09 bits per heavy atom. The average Bonchev–Trinajstić information content (AvgIpc) is 3.07. The molecule has 1 aromatic carbocycles. The van der Waals surface area contributed by atoms with E-state index in [0.29, 0.717) is 5.91 Å². The van der Waals surface area contributed by atoms with Crippen molar-refractivity contribution in [1.29, 1.82) is 0 Å². The topological polar surface area (TPSA) is 23.6 Å². The van der Waals surface area contributed by atoms with E-state index in [2.05, 4.69) is 11.0 Å². The summed E-state index contributed by atoms with van der Waals surface area (Å²) in [4.78, 5) is 16.7. The highest BCUT2D eigenvalue weighted by Crippen LogP contribution is 2.29. The normalized spacial score (nSPS) is 19.7. The SMILES string of the molecule is O=C(CCC1CCCC1)N1CCN(c2ccccc2Cl)CC1. The van der Waals surface area contributed by atoms with Crippen molar-refractivity contribution in [3.05, 3.63) is 29.3 Å². The number of benzene rings is 1. The second-order valence-electron chi connectivity index (χ2n) is 6.51. The van der Waals surface area contributed by atoms with Gasteiger partial charge in [0.05, 0.1) is 10.7 Å². The van der Waals surface area contributed by atoms with Gasteiger partial charge in [0.15, 0.2) is 0 Å². The Bertz CT molecular complexity index is 506. The van der Waals surface area contributed by atoms with Crippen LogP contribution in [0.3, 0.4) is 0 Å². The first-order valence-corrected chi connectivity index (χ1v) is 8.89. The molecule has 120 valence electrons. The second kappa shape index (κ2) is 7.36. The van der Waals surface area contributed by atoms with Crippen molar-refractivity contribution in [1.82, 2.24) is 4.90 Å². The molecule has 22 heavy (non-hydrogen) atoms. The predicted octanol–water partition coefficient (Wildman–Crippen LogP) is 3.96. The summed E-state index contributed by atoms with van der Waals surface area (Å²) < 4.78 is 0. The first-order valence-electron chi connectivity index (χ1n) is 8.51. The number of rotatable bonds is 4. The molecule has 0 radical (unpaired) electrons. The highest BCUT2D eigenvalue weighted by molar-refractivity contribution is 6.33. The van der Waals surface area contributed by atoms with E-state index >= 15 is 0 Å². The summed E-state index contributed by atoms with van der Waals surface area (Å²) in [7, 11) is 0. The monoisotopic (exact) mass is 320 g/mol. The molecule has 0 N–H and O–H groups in total. The van der Waals surface area contributed by atoms with Gasteiger partial charge in [0, 0.05) is 32.6 Å². The number of amides is 1. The van der Waals surface area contributed by atoms with Gasteiger partial charge in [-0.15, -0.1) is 0 Å². The van der Waals surface area contributed by atoms with Crippen molar-refractivity contribution >= 4 is 23.2 Å². The molecule has 1 aliphatic heterocycles. The van der Waals surface area contributed by atoms with E-state index < -0.39 is 0 Å². The highest BCUT2D eigenvalue weighted by Gasteiger charge is 2.23. The molecule has 1 heterocycles. The van der Waals surface area contributed by atoms with Gasteiger partial charge in [-0.1, -0.05) is 49.4 Å². The summed E-state index contributed by atoms with van der Waals surface area (Å²) in [5.41, 5.74) is 1.09. The van der Waals surface area contributed by atoms with Gasteiger partial charge in [0.1, 0.15) is 0 Å². The molecule has 1 saturated heterocycles. The van der Waals surface area contributed by atoms with Crippen molar-refractivity contribution in [3.63, 3.8) is 0 Å². The van der Waals surface area contributed by atoms with Crippen LogP contribution in [0.5, 0.6) is 0 Å². The number of para-hydroxylation sites is 1. The van der Waals surface area contributed by atoms with Crippen LogP contribution in [-0.4, -0.2) is 37.0 Å². The Balaban J connectivity index is 1.46. The molecule has 1 amide bonds. The molecule has 1 aliphatic carbocycles. The summed E-state index contributed by atoms with van der Waals surface area (Å²) in [6, 6.07) is 7.95. The fraction of sp³-hybridized carbons (Fsp3) is 0.611. The number of nitrogens with zero attached hydrogens (tertiary/aromatic N) is 2. The van der Waals surface area contributed by atoms with Gasteiger partial charge in [0.25, 0.3) is 0 Å². The van der Waals surface area contributed by atoms with Crippen LogP contribution in [0.25, 0.3) is 0 Å². The first kappa shape index (κ1) is 15.7. The zero-order chi connectivity index (χ0) is 15.4. The van der Waals surface area contributed by atoms with Gasteiger partial charge < -0.3 is 9.80 Å². The Hall–Kier alpha value is -1.22. The minimum Gasteiger partial charge on any atom is -0.367 e. The Morgan fingerprint density at radius 3 is 2.45 bits per heavy atom. The molecule has 0 atom stereocenters. The number of carbonyl (C=O) groups excluding carboxylic acids is 1. The predicted molar refractivity (Wildman–Crippen MR) is 91.4 cm³/mol. The van der Waals surface area contributed by atoms with Gasteiger partial charge >= 0.3 is 0 Å². The number of hydrogen-bond donors (Lipinski definition) is 0. The molecular weight excluding hydrogens is 296 g/mol. The zero-order valence-electron chi connectivity index (χ0n) is 13.1. The van der Waals surface area contributed by atoms with Crippen molar-refractivity contribution < 1.29 is 4.79 Å². The molecule has 0 unspecified atom stereocenters. The molecule has 0 aromatic heterocycles. The van der Waals surface area contributed by atoms with E-state index in [9.17, 15) is 4.79 Å². The average molecular weight is 321 g/mol. The van der Waals surface area contributed by atoms with Crippen molar-refractivity contribution in [2.75, 3.05) is 31.1 Å². The van der Waals surface area contributed by atoms with E-state index in [-0.39, 0.29) is 0 Å². The largest absolute Gasteiger partial charge is 0.367 e. The van der Waals surface area contributed by atoms with Crippen molar-refractivity contribution in [2.24, 2.45) is 5.92 Å². The van der Waals surface area contributed by atoms with Crippen LogP contribution in [-0.2, 0) is 4.79 Å². The smallest absolute Gasteiger partial charge is 0.222 e. The number of piperazine rings is 1. The van der Waals surface area contributed by atoms with E-state index in [4.69, 9.17) is 11.6 Å². The van der Waals surface area contributed by atoms with Gasteiger partial charge in [-0.05, 0) is 24.5 Å². The molecule has 1 aromatic rings. The lowest BCUT2D eigenvalue weighted by Crippen LogP contribution is -2.48. The first-order chi connectivity index (χ1) is 10.7. The molecular formula is C18H25ClN2O. The number of carbonyl (C=O) groups is 1. The molecule has 2 aliphatic rings. The third-order valence-electron chi connectivity index (χ3n) is 5.07. The number of anilines is 1. The van der Waals surface area contributed by atoms with Gasteiger partial charge in [-0.25, -0.2) is 0 Å². The Labute approximate surface area is 138 Å². The second-order valence-corrected chi connectivity index (χ2v) is 6.92. The van der Waals surface area contributed by atoms with Crippen LogP contribution < -0.4 is 4.90 Å². The van der Waals surface area contributed by atoms with Crippen LogP contribution in [0.15, 0.2) is 24.3 Å². The lowest BCUT2D eigenvalue weighted by atomic mass is 10.0. The van der Waals surface area contributed by atoms with Crippen LogP contribution >= 0.6 is 11.6 Å². The third kappa shape index (κ3) is 3.75. The summed E-state index contributed by atoms with van der Waals surface area (Å²) in [5.74, 6) is 1.14. The lowest BCUT2D eigenvalue weighted by molar-refractivity contribution is -0.131. The molecule has 3 nitrogen and oxygen atoms in total. The zero-order valence-corrected chi connectivity index (χ0v) is 13.9. The quantitative estimate of drug-likeness (QED) is 0.838. The fourth-order valence-electron chi connectivity index (χ4n) is 3.69. The van der Waals surface area contributed by atoms with Crippen LogP contribution in [0.1, 0.15) is 38.5 Å². The van der Waals surface area contributed by atoms with E-state index in [0.717, 1.165) is 55.6 Å². The molecule has 1 saturated carbocycles. The summed E-state index contributed by atoms with van der Waals surface area (Å²) in [5, 5.41) is 0.795. The molecule has 0 spiro atoms. The van der Waals surface area contributed by atoms with Crippen molar-refractivity contribution in [3.8, 4) is 0 Å². The van der Waals surface area contributed by atoms with Gasteiger partial charge in [-0.3, -0.25) is 4.79 Å². The molecule has 3 rings (SSSR count).